The van der Waals surface area contributed by atoms with Crippen molar-refractivity contribution in [1.82, 2.24) is 0 Å². The quantitative estimate of drug-likeness (QED) is 0.353. The maximum Gasteiger partial charge on any atom is 0.0751 e. The van der Waals surface area contributed by atoms with Crippen molar-refractivity contribution in [2.24, 2.45) is 0 Å². The summed E-state index contributed by atoms with van der Waals surface area (Å²) in [6.07, 6.45) is 11.7. The average molecular weight is 140 g/mol. The third kappa shape index (κ3) is 7.28. The van der Waals surface area contributed by atoms with Gasteiger partial charge in [0.1, 0.15) is 0 Å². The molecule has 0 atom stereocenters. The Morgan fingerprint density at radius 3 is 2.20 bits per heavy atom. The molecule has 10 heavy (non-hydrogen) atoms. The molecule has 0 rings (SSSR count). The predicted molar refractivity (Wildman–Crippen MR) is 45.1 cm³/mol. The van der Waals surface area contributed by atoms with Gasteiger partial charge >= 0.3 is 0 Å². The van der Waals surface area contributed by atoms with Crippen molar-refractivity contribution >= 4 is 0 Å². The van der Waals surface area contributed by atoms with Gasteiger partial charge in [-0.2, -0.15) is 0 Å². The van der Waals surface area contributed by atoms with Gasteiger partial charge in [-0.25, -0.2) is 0 Å². The molecule has 1 N–H and O–H groups in total. The number of hydrogen-bond acceptors (Lipinski definition) is 1. The van der Waals surface area contributed by atoms with Crippen molar-refractivity contribution in [2.45, 2.75) is 32.6 Å². The van der Waals surface area contributed by atoms with Crippen LogP contribution in [-0.2, 0) is 0 Å². The molecule has 0 spiro atoms. The molecule has 0 amide bonds. The van der Waals surface area contributed by atoms with E-state index < -0.39 is 0 Å². The number of aliphatic hydroxyl groups is 1. The van der Waals surface area contributed by atoms with Gasteiger partial charge in [-0.05, 0) is 32.6 Å². The molecule has 0 saturated heterocycles. The fourth-order valence-corrected chi connectivity index (χ4v) is 0.766. The van der Waals surface area contributed by atoms with Crippen molar-refractivity contribution in [3.63, 3.8) is 0 Å². The molecule has 0 aromatic carbocycles. The topological polar surface area (TPSA) is 20.2 Å². The molecule has 1 heteroatoms. The van der Waals surface area contributed by atoms with Gasteiger partial charge in [0.15, 0.2) is 0 Å². The van der Waals surface area contributed by atoms with Crippen molar-refractivity contribution in [2.75, 3.05) is 0 Å². The first-order valence-corrected chi connectivity index (χ1v) is 3.82. The van der Waals surface area contributed by atoms with E-state index in [1.807, 2.05) is 6.92 Å². The number of aliphatic hydroxyl groups excluding tert-OH is 1. The summed E-state index contributed by atoms with van der Waals surface area (Å²) >= 11 is 0. The summed E-state index contributed by atoms with van der Waals surface area (Å²) in [4.78, 5) is 0. The summed E-state index contributed by atoms with van der Waals surface area (Å²) in [5.74, 6) is 0. The molecule has 0 aliphatic carbocycles. The van der Waals surface area contributed by atoms with E-state index in [0.717, 1.165) is 19.1 Å². The monoisotopic (exact) mass is 140 g/mol. The highest BCUT2D eigenvalue weighted by molar-refractivity contribution is 4.77. The zero-order valence-corrected chi connectivity index (χ0v) is 6.59. The molecule has 0 radical (unpaired) electrons. The highest BCUT2D eigenvalue weighted by Crippen LogP contribution is 2.00. The fraction of sp³-hybridized carbons (Fsp3) is 0.556. The van der Waals surface area contributed by atoms with Crippen LogP contribution in [-0.4, -0.2) is 5.11 Å². The van der Waals surface area contributed by atoms with E-state index in [9.17, 15) is 0 Å². The number of unbranched alkanes of at least 4 members (excludes halogenated alkanes) is 3. The standard InChI is InChI=1S/C9H16O/c1-2-3-4-5-6-7-8-9-10/h2-3,8-10H,4-7H2,1H3/b3-2+,9-8+. The van der Waals surface area contributed by atoms with E-state index in [2.05, 4.69) is 12.2 Å². The molecule has 0 saturated carbocycles. The summed E-state index contributed by atoms with van der Waals surface area (Å²) in [6.45, 7) is 2.04. The van der Waals surface area contributed by atoms with Crippen LogP contribution >= 0.6 is 0 Å². The lowest BCUT2D eigenvalue weighted by molar-refractivity contribution is 0.470. The Hall–Kier alpha value is -0.720. The Balaban J connectivity index is 2.90. The minimum absolute atomic E-state index is 0.994. The first-order chi connectivity index (χ1) is 4.91. The number of hydrogen-bond donors (Lipinski definition) is 1. The molecule has 0 heterocycles. The van der Waals surface area contributed by atoms with Gasteiger partial charge in [0, 0.05) is 0 Å². The van der Waals surface area contributed by atoms with Crippen molar-refractivity contribution < 1.29 is 5.11 Å². The fourth-order valence-electron chi connectivity index (χ4n) is 0.766. The van der Waals surface area contributed by atoms with Gasteiger partial charge in [0.05, 0.1) is 6.26 Å². The van der Waals surface area contributed by atoms with Gasteiger partial charge < -0.3 is 5.11 Å². The van der Waals surface area contributed by atoms with Crippen molar-refractivity contribution in [1.29, 1.82) is 0 Å². The summed E-state index contributed by atoms with van der Waals surface area (Å²) in [6, 6.07) is 0. The highest BCUT2D eigenvalue weighted by Gasteiger charge is 1.81. The average Bonchev–Trinajstić information content (AvgIpc) is 1.97. The lowest BCUT2D eigenvalue weighted by Crippen LogP contribution is -1.71. The van der Waals surface area contributed by atoms with E-state index in [1.54, 1.807) is 6.08 Å². The van der Waals surface area contributed by atoms with Crippen molar-refractivity contribution in [3.8, 4) is 0 Å². The zero-order valence-electron chi connectivity index (χ0n) is 6.59. The third-order valence-corrected chi connectivity index (χ3v) is 1.33. The van der Waals surface area contributed by atoms with E-state index in [4.69, 9.17) is 5.11 Å². The smallest absolute Gasteiger partial charge is 0.0751 e. The Morgan fingerprint density at radius 2 is 1.70 bits per heavy atom. The third-order valence-electron chi connectivity index (χ3n) is 1.33. The second kappa shape index (κ2) is 8.28. The van der Waals surface area contributed by atoms with Crippen LogP contribution in [0.2, 0.25) is 0 Å². The van der Waals surface area contributed by atoms with Gasteiger partial charge in [0.25, 0.3) is 0 Å². The van der Waals surface area contributed by atoms with Crippen LogP contribution in [0.5, 0.6) is 0 Å². The molecule has 0 aliphatic rings. The Kier molecular flexibility index (Phi) is 7.68. The summed E-state index contributed by atoms with van der Waals surface area (Å²) in [7, 11) is 0. The molecular formula is C9H16O. The molecule has 58 valence electrons. The van der Waals surface area contributed by atoms with Crippen LogP contribution in [0.4, 0.5) is 0 Å². The van der Waals surface area contributed by atoms with Crippen LogP contribution in [0.25, 0.3) is 0 Å². The van der Waals surface area contributed by atoms with E-state index in [-0.39, 0.29) is 0 Å². The lowest BCUT2D eigenvalue weighted by atomic mass is 10.2. The largest absolute Gasteiger partial charge is 0.516 e. The zero-order chi connectivity index (χ0) is 7.66. The summed E-state index contributed by atoms with van der Waals surface area (Å²) in [5, 5.41) is 8.27. The predicted octanol–water partition coefficient (Wildman–Crippen LogP) is 3.19. The second-order valence-corrected chi connectivity index (χ2v) is 2.24. The molecule has 0 aromatic heterocycles. The van der Waals surface area contributed by atoms with Gasteiger partial charge in [-0.1, -0.05) is 18.2 Å². The molecule has 0 bridgehead atoms. The van der Waals surface area contributed by atoms with Gasteiger partial charge in [0.2, 0.25) is 0 Å². The number of allylic oxidation sites excluding steroid dienone is 3. The van der Waals surface area contributed by atoms with Crippen molar-refractivity contribution in [3.05, 3.63) is 24.5 Å². The van der Waals surface area contributed by atoms with E-state index >= 15 is 0 Å². The normalized spacial score (nSPS) is 11.7. The number of rotatable bonds is 5. The van der Waals surface area contributed by atoms with Crippen LogP contribution in [0.1, 0.15) is 32.6 Å². The molecule has 0 unspecified atom stereocenters. The van der Waals surface area contributed by atoms with Crippen LogP contribution in [0.3, 0.4) is 0 Å². The van der Waals surface area contributed by atoms with Gasteiger partial charge in [-0.3, -0.25) is 0 Å². The summed E-state index contributed by atoms with van der Waals surface area (Å²) in [5.41, 5.74) is 0. The SMILES string of the molecule is C/C=C/CCCC/C=C/O. The molecule has 0 aliphatic heterocycles. The minimum Gasteiger partial charge on any atom is -0.516 e. The maximum absolute atomic E-state index is 8.27. The first kappa shape index (κ1) is 9.28. The first-order valence-electron chi connectivity index (χ1n) is 3.82. The Labute approximate surface area is 63.1 Å². The van der Waals surface area contributed by atoms with Gasteiger partial charge in [-0.15, -0.1) is 0 Å². The van der Waals surface area contributed by atoms with E-state index in [0.29, 0.717) is 0 Å². The highest BCUT2D eigenvalue weighted by atomic mass is 16.2. The van der Waals surface area contributed by atoms with Crippen LogP contribution in [0, 0.1) is 0 Å². The van der Waals surface area contributed by atoms with Crippen LogP contribution in [0.15, 0.2) is 24.5 Å². The molecule has 0 fully saturated rings. The maximum atomic E-state index is 8.27. The summed E-state index contributed by atoms with van der Waals surface area (Å²) < 4.78 is 0. The lowest BCUT2D eigenvalue weighted by Gasteiger charge is -1.90. The molecular weight excluding hydrogens is 124 g/mol. The molecule has 0 aromatic rings. The molecule has 1 nitrogen and oxygen atoms in total. The minimum atomic E-state index is 0.994. The Bertz CT molecular complexity index is 89.3. The second-order valence-electron chi connectivity index (χ2n) is 2.24. The van der Waals surface area contributed by atoms with E-state index in [1.165, 1.54) is 12.8 Å². The Morgan fingerprint density at radius 1 is 1.10 bits per heavy atom. The van der Waals surface area contributed by atoms with Crippen LogP contribution < -0.4 is 0 Å².